The van der Waals surface area contributed by atoms with E-state index in [1.54, 1.807) is 24.3 Å². The lowest BCUT2D eigenvalue weighted by molar-refractivity contribution is -0.196. The van der Waals surface area contributed by atoms with Crippen LogP contribution in [0.1, 0.15) is 106 Å². The van der Waals surface area contributed by atoms with Crippen LogP contribution in [0.3, 0.4) is 0 Å². The fourth-order valence-electron chi connectivity index (χ4n) is 10.3. The molecule has 12 nitrogen and oxygen atoms in total. The number of carbonyl (C=O) groups is 4. The Labute approximate surface area is 364 Å². The SMILES string of the molecule is COc1cc(OC2C(C)(C)C(CC(=O)c3ccc(N4CCO[C@@H](CN(C(C)C)C5CC(Oc6ccc(C(=O)N[C@H]7CCC(=O)CC7=O)c(F)c6)C5)C4)cc3)C2(C)C)ccc1C#N. The topological polar surface area (TPSA) is 147 Å². The summed E-state index contributed by atoms with van der Waals surface area (Å²) in [6.07, 6.45) is 1.93. The van der Waals surface area contributed by atoms with Gasteiger partial charge in [-0.15, -0.1) is 0 Å². The molecule has 4 fully saturated rings. The van der Waals surface area contributed by atoms with Gasteiger partial charge in [0.25, 0.3) is 5.91 Å². The first kappa shape index (κ1) is 44.7. The summed E-state index contributed by atoms with van der Waals surface area (Å²) in [6.45, 7) is 15.8. The molecule has 0 unspecified atom stereocenters. The number of morpholine rings is 1. The van der Waals surface area contributed by atoms with Crippen molar-refractivity contribution >= 4 is 28.9 Å². The van der Waals surface area contributed by atoms with E-state index in [1.165, 1.54) is 19.2 Å². The Hall–Kier alpha value is -5.32. The van der Waals surface area contributed by atoms with Gasteiger partial charge < -0.3 is 29.2 Å². The van der Waals surface area contributed by atoms with Crippen molar-refractivity contribution in [2.75, 3.05) is 38.3 Å². The minimum atomic E-state index is -0.785. The molecule has 0 spiro atoms. The quantitative estimate of drug-likeness (QED) is 0.121. The number of halogens is 1. The molecule has 3 aromatic carbocycles. The van der Waals surface area contributed by atoms with E-state index in [9.17, 15) is 24.4 Å². The third-order valence-corrected chi connectivity index (χ3v) is 13.7. The van der Waals surface area contributed by atoms with Crippen LogP contribution in [-0.4, -0.2) is 97.9 Å². The number of nitrogens with zero attached hydrogens (tertiary/aromatic N) is 3. The second-order valence-electron chi connectivity index (χ2n) is 18.8. The zero-order valence-corrected chi connectivity index (χ0v) is 36.9. The van der Waals surface area contributed by atoms with Crippen LogP contribution in [0.2, 0.25) is 0 Å². The van der Waals surface area contributed by atoms with E-state index < -0.39 is 17.8 Å². The Bertz CT molecular complexity index is 2200. The highest BCUT2D eigenvalue weighted by molar-refractivity contribution is 6.06. The lowest BCUT2D eigenvalue weighted by atomic mass is 9.44. The van der Waals surface area contributed by atoms with Crippen molar-refractivity contribution in [3.05, 3.63) is 83.2 Å². The minimum Gasteiger partial charge on any atom is -0.495 e. The van der Waals surface area contributed by atoms with E-state index in [4.69, 9.17) is 18.9 Å². The van der Waals surface area contributed by atoms with Gasteiger partial charge in [-0.3, -0.25) is 24.1 Å². The molecule has 4 aliphatic rings. The fourth-order valence-corrected chi connectivity index (χ4v) is 10.3. The molecule has 0 aromatic heterocycles. The van der Waals surface area contributed by atoms with Crippen LogP contribution < -0.4 is 24.4 Å². The number of ether oxygens (including phenoxy) is 4. The molecule has 2 atom stereocenters. The highest BCUT2D eigenvalue weighted by Gasteiger charge is 2.63. The number of Topliss-reactive ketones (excluding diaryl/α,β-unsaturated/α-hetero) is 3. The number of nitriles is 1. The van der Waals surface area contributed by atoms with Gasteiger partial charge in [0.1, 0.15) is 47.1 Å². The van der Waals surface area contributed by atoms with E-state index >= 15 is 4.39 Å². The van der Waals surface area contributed by atoms with E-state index in [-0.39, 0.29) is 89.3 Å². The number of hydrogen-bond donors (Lipinski definition) is 1. The molecule has 1 N–H and O–H groups in total. The predicted molar refractivity (Wildman–Crippen MR) is 231 cm³/mol. The first-order chi connectivity index (χ1) is 29.5. The zero-order chi connectivity index (χ0) is 44.5. The molecule has 13 heteroatoms. The van der Waals surface area contributed by atoms with Gasteiger partial charge >= 0.3 is 0 Å². The summed E-state index contributed by atoms with van der Waals surface area (Å²) in [6, 6.07) is 19.2. The van der Waals surface area contributed by atoms with Crippen molar-refractivity contribution in [1.29, 1.82) is 5.26 Å². The number of ketones is 3. The maximum Gasteiger partial charge on any atom is 0.254 e. The average molecular weight is 851 g/mol. The summed E-state index contributed by atoms with van der Waals surface area (Å²) in [7, 11) is 1.54. The molecule has 0 bridgehead atoms. The molecule has 3 saturated carbocycles. The van der Waals surface area contributed by atoms with Gasteiger partial charge in [0, 0.05) is 91.6 Å². The van der Waals surface area contributed by atoms with Gasteiger partial charge in [-0.2, -0.15) is 5.26 Å². The van der Waals surface area contributed by atoms with E-state index in [0.29, 0.717) is 47.9 Å². The summed E-state index contributed by atoms with van der Waals surface area (Å²) in [5.74, 6) is -0.262. The number of amides is 1. The van der Waals surface area contributed by atoms with Crippen LogP contribution in [0.15, 0.2) is 60.7 Å². The van der Waals surface area contributed by atoms with Gasteiger partial charge in [0.05, 0.1) is 43.4 Å². The van der Waals surface area contributed by atoms with Gasteiger partial charge in [-0.25, -0.2) is 4.39 Å². The Morgan fingerprint density at radius 1 is 1.00 bits per heavy atom. The van der Waals surface area contributed by atoms with Crippen LogP contribution in [0.25, 0.3) is 0 Å². The number of rotatable bonds is 15. The number of carbonyl (C=O) groups excluding carboxylic acids is 4. The summed E-state index contributed by atoms with van der Waals surface area (Å²) in [5, 5.41) is 11.9. The number of benzene rings is 3. The minimum absolute atomic E-state index is 0.0202. The molecule has 1 heterocycles. The van der Waals surface area contributed by atoms with E-state index in [2.05, 4.69) is 62.7 Å². The van der Waals surface area contributed by atoms with Crippen molar-refractivity contribution in [2.45, 2.75) is 117 Å². The first-order valence-corrected chi connectivity index (χ1v) is 21.8. The largest absolute Gasteiger partial charge is 0.495 e. The highest BCUT2D eigenvalue weighted by atomic mass is 19.1. The third-order valence-electron chi connectivity index (χ3n) is 13.7. The predicted octanol–water partition coefficient (Wildman–Crippen LogP) is 7.35. The second-order valence-corrected chi connectivity index (χ2v) is 18.8. The number of anilines is 1. The van der Waals surface area contributed by atoms with Crippen LogP contribution >= 0.6 is 0 Å². The normalized spacial score (nSPS) is 25.3. The van der Waals surface area contributed by atoms with Gasteiger partial charge in [-0.1, -0.05) is 27.7 Å². The lowest BCUT2D eigenvalue weighted by Crippen LogP contribution is -2.66. The highest BCUT2D eigenvalue weighted by Crippen LogP contribution is 2.62. The van der Waals surface area contributed by atoms with Crippen molar-refractivity contribution in [1.82, 2.24) is 10.2 Å². The molecule has 1 saturated heterocycles. The first-order valence-electron chi connectivity index (χ1n) is 21.8. The Kier molecular flexibility index (Phi) is 13.1. The molecule has 62 heavy (non-hydrogen) atoms. The Balaban J connectivity index is 0.885. The maximum absolute atomic E-state index is 15.0. The molecular formula is C49H59FN4O8. The van der Waals surface area contributed by atoms with Crippen molar-refractivity contribution in [2.24, 2.45) is 16.7 Å². The smallest absolute Gasteiger partial charge is 0.254 e. The Morgan fingerprint density at radius 2 is 1.69 bits per heavy atom. The van der Waals surface area contributed by atoms with Gasteiger partial charge in [0.15, 0.2) is 11.6 Å². The molecule has 7 rings (SSSR count). The van der Waals surface area contributed by atoms with Gasteiger partial charge in [-0.05, 0) is 74.7 Å². The molecule has 1 amide bonds. The van der Waals surface area contributed by atoms with Crippen molar-refractivity contribution in [3.8, 4) is 23.3 Å². The number of hydrogen-bond acceptors (Lipinski definition) is 11. The van der Waals surface area contributed by atoms with Crippen LogP contribution in [0.4, 0.5) is 10.1 Å². The Morgan fingerprint density at radius 3 is 2.34 bits per heavy atom. The van der Waals surface area contributed by atoms with E-state index in [0.717, 1.165) is 31.6 Å². The van der Waals surface area contributed by atoms with Crippen molar-refractivity contribution in [3.63, 3.8) is 0 Å². The average Bonchev–Trinajstić information content (AvgIpc) is 3.23. The van der Waals surface area contributed by atoms with E-state index in [1.807, 2.05) is 24.3 Å². The van der Waals surface area contributed by atoms with Gasteiger partial charge in [0.2, 0.25) is 0 Å². The zero-order valence-electron chi connectivity index (χ0n) is 36.9. The number of methoxy groups -OCH3 is 1. The van der Waals surface area contributed by atoms with Crippen molar-refractivity contribution < 1.29 is 42.5 Å². The molecule has 0 radical (unpaired) electrons. The molecule has 330 valence electrons. The summed E-state index contributed by atoms with van der Waals surface area (Å²) < 4.78 is 39.3. The standard InChI is InChI=1S/C49H59FN4O8/c1-29(2)54(33-20-37(21-33)61-35-15-16-39(40(50)23-35)46(58)52-41-17-13-34(55)22-43(41)57)28-38-27-53(18-19-60-38)32-11-8-30(9-12-32)42(56)25-45-48(3,4)47(49(45,5)6)62-36-14-10-31(26-51)44(24-36)59-7/h8-12,14-16,23-24,29,33,37-38,41,45,47H,13,17-22,25,27-28H2,1-7H3,(H,52,58)/t33?,37?,38-,41+,45?,47?/m1/s1. The van der Waals surface area contributed by atoms with Crippen LogP contribution in [0, 0.1) is 33.9 Å². The van der Waals surface area contributed by atoms with Crippen LogP contribution in [-0.2, 0) is 14.3 Å². The monoisotopic (exact) mass is 850 g/mol. The fraction of sp³-hybridized carbons (Fsp3) is 0.531. The molecule has 1 aliphatic heterocycles. The molecular weight excluding hydrogens is 792 g/mol. The maximum atomic E-state index is 15.0. The summed E-state index contributed by atoms with van der Waals surface area (Å²) in [4.78, 5) is 54.9. The summed E-state index contributed by atoms with van der Waals surface area (Å²) in [5.41, 5.74) is 1.48. The third kappa shape index (κ3) is 9.37. The number of nitrogens with one attached hydrogen (secondary N) is 1. The van der Waals surface area contributed by atoms with Crippen LogP contribution in [0.5, 0.6) is 17.2 Å². The molecule has 3 aliphatic carbocycles. The molecule has 3 aromatic rings. The second kappa shape index (κ2) is 18.2. The summed E-state index contributed by atoms with van der Waals surface area (Å²) >= 11 is 0. The lowest BCUT2D eigenvalue weighted by Gasteiger charge is -2.63.